The number of aromatic nitrogens is 4. The second-order valence-electron chi connectivity index (χ2n) is 12.4. The maximum atomic E-state index is 14.0. The molecule has 46 heavy (non-hydrogen) atoms. The van der Waals surface area contributed by atoms with Crippen LogP contribution in [0, 0.1) is 23.0 Å². The van der Waals surface area contributed by atoms with Crippen LogP contribution in [-0.2, 0) is 0 Å². The average Bonchev–Trinajstić information content (AvgIpc) is 3.52. The number of anilines is 3. The lowest BCUT2D eigenvalue weighted by Gasteiger charge is -2.40. The Labute approximate surface area is 275 Å². The zero-order chi connectivity index (χ0) is 32.6. The highest BCUT2D eigenvalue weighted by molar-refractivity contribution is 6.36. The number of nitriles is 1. The van der Waals surface area contributed by atoms with E-state index < -0.39 is 17.7 Å². The first kappa shape index (κ1) is 31.7. The lowest BCUT2D eigenvalue weighted by Crippen LogP contribution is -2.46. The Hall–Kier alpha value is -4.30. The number of benzene rings is 3. The zero-order valence-corrected chi connectivity index (χ0v) is 27.0. The van der Waals surface area contributed by atoms with Gasteiger partial charge in [-0.15, -0.1) is 5.10 Å². The van der Waals surface area contributed by atoms with Gasteiger partial charge in [-0.3, -0.25) is 9.88 Å². The molecule has 8 nitrogen and oxygen atoms in total. The fraction of sp³-hybridized carbons (Fsp3) is 0.294. The molecule has 0 aliphatic carbocycles. The van der Waals surface area contributed by atoms with Crippen molar-refractivity contribution in [1.29, 1.82) is 5.26 Å². The van der Waals surface area contributed by atoms with Gasteiger partial charge in [-0.25, -0.2) is 13.5 Å². The van der Waals surface area contributed by atoms with Gasteiger partial charge in [0.2, 0.25) is 0 Å². The minimum Gasteiger partial charge on any atom is -0.373 e. The number of hydrogen-bond acceptors (Lipinski definition) is 7. The predicted molar refractivity (Wildman–Crippen MR) is 178 cm³/mol. The number of pyridine rings is 1. The smallest absolute Gasteiger partial charge is 0.160 e. The minimum absolute atomic E-state index is 0.122. The van der Waals surface area contributed by atoms with Gasteiger partial charge in [-0.2, -0.15) is 5.26 Å². The van der Waals surface area contributed by atoms with Crippen LogP contribution in [0.15, 0.2) is 67.0 Å². The third-order valence-electron chi connectivity index (χ3n) is 8.36. The van der Waals surface area contributed by atoms with Crippen molar-refractivity contribution in [1.82, 2.24) is 24.9 Å². The summed E-state index contributed by atoms with van der Waals surface area (Å²) in [6.07, 6.45) is 5.32. The van der Waals surface area contributed by atoms with Crippen molar-refractivity contribution in [3.8, 4) is 6.07 Å². The number of likely N-dealkylation sites (tertiary alicyclic amines) is 1. The van der Waals surface area contributed by atoms with Crippen molar-refractivity contribution in [3.63, 3.8) is 0 Å². The largest absolute Gasteiger partial charge is 0.373 e. The number of fused-ring (bicyclic) bond motifs is 1. The van der Waals surface area contributed by atoms with Crippen LogP contribution in [0.3, 0.4) is 0 Å². The highest BCUT2D eigenvalue weighted by atomic mass is 35.5. The van der Waals surface area contributed by atoms with Gasteiger partial charge < -0.3 is 10.6 Å². The standard InChI is InChI=1S/C34H32Cl2F2N8/c1-34(2,3)45-12-10-25(11-13-45)46-19-30(43-44-46)32(20-4-6-22(35)7-5-20)42-24-14-26-31(41-23-8-9-28(37)29(38)16-23)21(17-39)18-40-33(26)27(36)15-24/h4-9,14-16,18-19,25,32,42H,10-13H2,1-3H3,(H,40,41). The second kappa shape index (κ2) is 12.8. The molecule has 3 heterocycles. The fourth-order valence-corrected chi connectivity index (χ4v) is 6.23. The molecule has 0 amide bonds. The molecule has 5 aromatic rings. The summed E-state index contributed by atoms with van der Waals surface area (Å²) in [5, 5.41) is 27.1. The van der Waals surface area contributed by atoms with E-state index in [4.69, 9.17) is 23.2 Å². The van der Waals surface area contributed by atoms with E-state index >= 15 is 0 Å². The third-order valence-corrected chi connectivity index (χ3v) is 8.90. The van der Waals surface area contributed by atoms with Gasteiger partial charge in [0.05, 0.1) is 40.1 Å². The molecule has 0 radical (unpaired) electrons. The number of piperidine rings is 1. The summed E-state index contributed by atoms with van der Waals surface area (Å²) in [7, 11) is 0. The van der Waals surface area contributed by atoms with E-state index in [0.717, 1.165) is 43.6 Å². The van der Waals surface area contributed by atoms with Crippen molar-refractivity contribution >= 4 is 51.2 Å². The molecule has 1 aliphatic heterocycles. The van der Waals surface area contributed by atoms with E-state index in [0.29, 0.717) is 38.0 Å². The number of nitrogens with zero attached hydrogens (tertiary/aromatic N) is 6. The lowest BCUT2D eigenvalue weighted by molar-refractivity contribution is 0.0866. The topological polar surface area (TPSA) is 94.7 Å². The normalized spacial score (nSPS) is 15.1. The highest BCUT2D eigenvalue weighted by Crippen LogP contribution is 2.37. The van der Waals surface area contributed by atoms with Crippen molar-refractivity contribution in [2.45, 2.75) is 51.2 Å². The van der Waals surface area contributed by atoms with Crippen LogP contribution in [0.4, 0.5) is 25.8 Å². The Morgan fingerprint density at radius 2 is 1.72 bits per heavy atom. The quantitative estimate of drug-likeness (QED) is 0.180. The van der Waals surface area contributed by atoms with Crippen LogP contribution in [0.5, 0.6) is 0 Å². The third kappa shape index (κ3) is 6.63. The fourth-order valence-electron chi connectivity index (χ4n) is 5.83. The Kier molecular flexibility index (Phi) is 8.84. The maximum Gasteiger partial charge on any atom is 0.160 e. The van der Waals surface area contributed by atoms with Gasteiger partial charge in [0.25, 0.3) is 0 Å². The van der Waals surface area contributed by atoms with Crippen molar-refractivity contribution in [2.75, 3.05) is 23.7 Å². The molecule has 12 heteroatoms. The van der Waals surface area contributed by atoms with Gasteiger partial charge in [0.1, 0.15) is 11.8 Å². The highest BCUT2D eigenvalue weighted by Gasteiger charge is 2.29. The van der Waals surface area contributed by atoms with E-state index in [2.05, 4.69) is 57.7 Å². The summed E-state index contributed by atoms with van der Waals surface area (Å²) in [6.45, 7) is 8.68. The number of nitrogens with one attached hydrogen (secondary N) is 2. The number of hydrogen-bond donors (Lipinski definition) is 2. The number of halogens is 4. The van der Waals surface area contributed by atoms with Crippen molar-refractivity contribution < 1.29 is 8.78 Å². The summed E-state index contributed by atoms with van der Waals surface area (Å²) in [6, 6.07) is 16.4. The SMILES string of the molecule is CC(C)(C)N1CCC(n2cc(C(Nc3cc(Cl)c4ncc(C#N)c(Nc5ccc(F)c(F)c5)c4c3)c3ccc(Cl)cc3)nn2)CC1. The van der Waals surface area contributed by atoms with Crippen LogP contribution < -0.4 is 10.6 Å². The Morgan fingerprint density at radius 1 is 0.978 bits per heavy atom. The summed E-state index contributed by atoms with van der Waals surface area (Å²) in [5.74, 6) is -1.98. The van der Waals surface area contributed by atoms with E-state index in [1.165, 1.54) is 12.3 Å². The molecular weight excluding hydrogens is 629 g/mol. The number of rotatable bonds is 7. The Balaban J connectivity index is 1.36. The molecule has 236 valence electrons. The molecule has 0 saturated carbocycles. The molecule has 0 bridgehead atoms. The molecule has 2 aromatic heterocycles. The molecule has 3 aromatic carbocycles. The molecular formula is C34H32Cl2F2N8. The van der Waals surface area contributed by atoms with E-state index in [1.807, 2.05) is 41.2 Å². The van der Waals surface area contributed by atoms with Gasteiger partial charge in [0.15, 0.2) is 11.6 Å². The first-order chi connectivity index (χ1) is 22.0. The van der Waals surface area contributed by atoms with Gasteiger partial charge in [-0.05, 0) is 75.6 Å². The molecule has 6 rings (SSSR count). The summed E-state index contributed by atoms with van der Waals surface area (Å²) in [4.78, 5) is 6.90. The van der Waals surface area contributed by atoms with E-state index in [1.54, 1.807) is 6.07 Å². The van der Waals surface area contributed by atoms with Crippen LogP contribution in [-0.4, -0.2) is 43.5 Å². The summed E-state index contributed by atoms with van der Waals surface area (Å²) in [5.41, 5.74) is 3.63. The van der Waals surface area contributed by atoms with Crippen molar-refractivity contribution in [3.05, 3.63) is 105 Å². The van der Waals surface area contributed by atoms with Crippen LogP contribution in [0.25, 0.3) is 10.9 Å². The Morgan fingerprint density at radius 3 is 2.39 bits per heavy atom. The van der Waals surface area contributed by atoms with Crippen LogP contribution in [0.1, 0.15) is 62.5 Å². The molecule has 1 aliphatic rings. The average molecular weight is 662 g/mol. The molecule has 1 fully saturated rings. The molecule has 2 N–H and O–H groups in total. The molecule has 1 atom stereocenters. The minimum atomic E-state index is -1.01. The predicted octanol–water partition coefficient (Wildman–Crippen LogP) is 8.66. The first-order valence-electron chi connectivity index (χ1n) is 14.9. The molecule has 1 unspecified atom stereocenters. The lowest BCUT2D eigenvalue weighted by atomic mass is 9.98. The molecule has 0 spiro atoms. The van der Waals surface area contributed by atoms with Crippen LogP contribution >= 0.6 is 23.2 Å². The van der Waals surface area contributed by atoms with Gasteiger partial charge in [-0.1, -0.05) is 40.5 Å². The summed E-state index contributed by atoms with van der Waals surface area (Å²) < 4.78 is 29.6. The molecule has 1 saturated heterocycles. The summed E-state index contributed by atoms with van der Waals surface area (Å²) >= 11 is 13.0. The zero-order valence-electron chi connectivity index (χ0n) is 25.5. The first-order valence-corrected chi connectivity index (χ1v) is 15.7. The second-order valence-corrected chi connectivity index (χ2v) is 13.3. The van der Waals surface area contributed by atoms with E-state index in [9.17, 15) is 14.0 Å². The van der Waals surface area contributed by atoms with E-state index in [-0.39, 0.29) is 22.8 Å². The van der Waals surface area contributed by atoms with Crippen molar-refractivity contribution in [2.24, 2.45) is 0 Å². The van der Waals surface area contributed by atoms with Crippen LogP contribution in [0.2, 0.25) is 10.0 Å². The van der Waals surface area contributed by atoms with Gasteiger partial charge >= 0.3 is 0 Å². The van der Waals surface area contributed by atoms with Gasteiger partial charge in [0, 0.05) is 52.7 Å². The monoisotopic (exact) mass is 660 g/mol. The Bertz CT molecular complexity index is 1920. The maximum absolute atomic E-state index is 14.0.